The zero-order valence-corrected chi connectivity index (χ0v) is 14.4. The summed E-state index contributed by atoms with van der Waals surface area (Å²) >= 11 is 0. The van der Waals surface area contributed by atoms with Gasteiger partial charge in [-0.25, -0.2) is 0 Å². The van der Waals surface area contributed by atoms with Crippen LogP contribution in [0, 0.1) is 5.41 Å². The van der Waals surface area contributed by atoms with Crippen LogP contribution in [0.1, 0.15) is 53.0 Å². The molecule has 2 atom stereocenters. The van der Waals surface area contributed by atoms with Crippen molar-refractivity contribution in [3.8, 4) is 0 Å². The third-order valence-corrected chi connectivity index (χ3v) is 4.60. The lowest BCUT2D eigenvalue weighted by Gasteiger charge is -2.45. The number of rotatable bonds is 5. The number of piperazine rings is 1. The highest BCUT2D eigenvalue weighted by molar-refractivity contribution is 5.05. The van der Waals surface area contributed by atoms with Crippen LogP contribution in [-0.2, 0) is 13.1 Å². The molecule has 1 N–H and O–H groups in total. The summed E-state index contributed by atoms with van der Waals surface area (Å²) in [6.45, 7) is 15.6. The molecule has 0 aliphatic carbocycles. The van der Waals surface area contributed by atoms with E-state index in [9.17, 15) is 0 Å². The van der Waals surface area contributed by atoms with E-state index in [-0.39, 0.29) is 0 Å². The van der Waals surface area contributed by atoms with E-state index in [0.717, 1.165) is 26.2 Å². The number of aryl methyl sites for hydroxylation is 1. The molecule has 0 amide bonds. The summed E-state index contributed by atoms with van der Waals surface area (Å²) in [5.41, 5.74) is 1.65. The van der Waals surface area contributed by atoms with Gasteiger partial charge in [0.15, 0.2) is 0 Å². The van der Waals surface area contributed by atoms with E-state index >= 15 is 0 Å². The molecule has 1 aromatic rings. The lowest BCUT2D eigenvalue weighted by molar-refractivity contribution is 0.0748. The summed E-state index contributed by atoms with van der Waals surface area (Å²) < 4.78 is 2.02. The molecule has 0 aromatic carbocycles. The van der Waals surface area contributed by atoms with Gasteiger partial charge in [-0.1, -0.05) is 34.1 Å². The fourth-order valence-corrected chi connectivity index (χ4v) is 3.14. The molecule has 1 fully saturated rings. The molecule has 2 heterocycles. The molecule has 4 nitrogen and oxygen atoms in total. The Morgan fingerprint density at radius 2 is 2.10 bits per heavy atom. The quantitative estimate of drug-likeness (QED) is 0.906. The van der Waals surface area contributed by atoms with E-state index in [1.165, 1.54) is 18.4 Å². The first-order chi connectivity index (χ1) is 9.94. The van der Waals surface area contributed by atoms with Crippen molar-refractivity contribution in [3.63, 3.8) is 0 Å². The Labute approximate surface area is 129 Å². The summed E-state index contributed by atoms with van der Waals surface area (Å²) in [4.78, 5) is 2.66. The molecule has 0 spiro atoms. The lowest BCUT2D eigenvalue weighted by atomic mass is 9.84. The van der Waals surface area contributed by atoms with Crippen molar-refractivity contribution < 1.29 is 0 Å². The molecule has 21 heavy (non-hydrogen) atoms. The summed E-state index contributed by atoms with van der Waals surface area (Å²) in [6.07, 6.45) is 6.74. The minimum absolute atomic E-state index is 0.309. The molecule has 2 rings (SSSR count). The normalized spacial score (nSPS) is 24.4. The Balaban J connectivity index is 2.06. The molecule has 1 aliphatic rings. The third-order valence-electron chi connectivity index (χ3n) is 4.60. The first-order valence-electron chi connectivity index (χ1n) is 8.42. The smallest absolute Gasteiger partial charge is 0.0534 e. The van der Waals surface area contributed by atoms with Crippen molar-refractivity contribution in [2.45, 2.75) is 72.6 Å². The van der Waals surface area contributed by atoms with Crippen molar-refractivity contribution in [3.05, 3.63) is 18.0 Å². The Hall–Kier alpha value is -0.870. The number of hydrogen-bond acceptors (Lipinski definition) is 3. The molecule has 1 aliphatic heterocycles. The Kier molecular flexibility index (Phi) is 5.44. The molecule has 1 aromatic heterocycles. The second-order valence-corrected chi connectivity index (χ2v) is 7.40. The van der Waals surface area contributed by atoms with Crippen LogP contribution in [0.2, 0.25) is 0 Å². The number of aromatic nitrogens is 2. The van der Waals surface area contributed by atoms with E-state index in [4.69, 9.17) is 0 Å². The van der Waals surface area contributed by atoms with Gasteiger partial charge in [0.1, 0.15) is 0 Å². The van der Waals surface area contributed by atoms with Crippen LogP contribution in [0.15, 0.2) is 12.4 Å². The van der Waals surface area contributed by atoms with Gasteiger partial charge in [0, 0.05) is 50.0 Å². The minimum atomic E-state index is 0.309. The second-order valence-electron chi connectivity index (χ2n) is 7.40. The monoisotopic (exact) mass is 292 g/mol. The Morgan fingerprint density at radius 1 is 1.33 bits per heavy atom. The van der Waals surface area contributed by atoms with Crippen LogP contribution >= 0.6 is 0 Å². The fourth-order valence-electron chi connectivity index (χ4n) is 3.14. The van der Waals surface area contributed by atoms with Gasteiger partial charge >= 0.3 is 0 Å². The maximum Gasteiger partial charge on any atom is 0.0534 e. The molecule has 0 bridgehead atoms. The van der Waals surface area contributed by atoms with Crippen LogP contribution in [0.5, 0.6) is 0 Å². The van der Waals surface area contributed by atoms with Gasteiger partial charge in [-0.15, -0.1) is 0 Å². The van der Waals surface area contributed by atoms with Crippen LogP contribution in [0.25, 0.3) is 0 Å². The van der Waals surface area contributed by atoms with Gasteiger partial charge < -0.3 is 5.32 Å². The average molecular weight is 292 g/mol. The van der Waals surface area contributed by atoms with E-state index in [1.54, 1.807) is 0 Å². The summed E-state index contributed by atoms with van der Waals surface area (Å²) in [7, 11) is 0. The van der Waals surface area contributed by atoms with Crippen molar-refractivity contribution in [1.82, 2.24) is 20.0 Å². The lowest BCUT2D eigenvalue weighted by Crippen LogP contribution is -2.59. The Bertz CT molecular complexity index is 432. The Morgan fingerprint density at radius 3 is 2.67 bits per heavy atom. The zero-order chi connectivity index (χ0) is 15.5. The maximum absolute atomic E-state index is 4.41. The summed E-state index contributed by atoms with van der Waals surface area (Å²) in [5.74, 6) is 0. The second kappa shape index (κ2) is 6.93. The largest absolute Gasteiger partial charge is 0.311 e. The molecule has 0 radical (unpaired) electrons. The van der Waals surface area contributed by atoms with Gasteiger partial charge in [-0.05, 0) is 18.8 Å². The van der Waals surface area contributed by atoms with Gasteiger partial charge in [0.05, 0.1) is 6.20 Å². The standard InChI is InChI=1S/C17H32N4/c1-6-8-15-10-18-16(17(3,4)5)13-20(15)11-14-9-19-21(7-2)12-14/h9,12,15-16,18H,6-8,10-11,13H2,1-5H3. The zero-order valence-electron chi connectivity index (χ0n) is 14.4. The van der Waals surface area contributed by atoms with Gasteiger partial charge in [-0.2, -0.15) is 5.10 Å². The third kappa shape index (κ3) is 4.30. The van der Waals surface area contributed by atoms with Crippen molar-refractivity contribution in [2.24, 2.45) is 5.41 Å². The minimum Gasteiger partial charge on any atom is -0.311 e. The predicted octanol–water partition coefficient (Wildman–Crippen LogP) is 2.89. The number of hydrogen-bond donors (Lipinski definition) is 1. The first kappa shape index (κ1) is 16.5. The van der Waals surface area contributed by atoms with Crippen LogP contribution in [-0.4, -0.2) is 39.9 Å². The van der Waals surface area contributed by atoms with E-state index in [2.05, 4.69) is 56.1 Å². The molecule has 0 saturated carbocycles. The molecule has 120 valence electrons. The van der Waals surface area contributed by atoms with Crippen molar-refractivity contribution >= 4 is 0 Å². The molecule has 1 saturated heterocycles. The van der Waals surface area contributed by atoms with Crippen LogP contribution < -0.4 is 5.32 Å². The molecule has 2 unspecified atom stereocenters. The van der Waals surface area contributed by atoms with Gasteiger partial charge in [0.25, 0.3) is 0 Å². The number of nitrogens with one attached hydrogen (secondary N) is 1. The maximum atomic E-state index is 4.41. The molecule has 4 heteroatoms. The topological polar surface area (TPSA) is 33.1 Å². The van der Waals surface area contributed by atoms with Crippen molar-refractivity contribution in [2.75, 3.05) is 13.1 Å². The van der Waals surface area contributed by atoms with E-state index in [0.29, 0.717) is 17.5 Å². The summed E-state index contributed by atoms with van der Waals surface area (Å²) in [5, 5.41) is 8.18. The van der Waals surface area contributed by atoms with Crippen LogP contribution in [0.4, 0.5) is 0 Å². The number of nitrogens with zero attached hydrogens (tertiary/aromatic N) is 3. The van der Waals surface area contributed by atoms with Crippen molar-refractivity contribution in [1.29, 1.82) is 0 Å². The first-order valence-corrected chi connectivity index (χ1v) is 8.42. The predicted molar refractivity (Wildman–Crippen MR) is 88.3 cm³/mol. The highest BCUT2D eigenvalue weighted by atomic mass is 15.3. The SMILES string of the molecule is CCCC1CNC(C(C)(C)C)CN1Cc1cnn(CC)c1. The summed E-state index contributed by atoms with van der Waals surface area (Å²) in [6, 6.07) is 1.21. The average Bonchev–Trinajstić information content (AvgIpc) is 2.87. The highest BCUT2D eigenvalue weighted by Gasteiger charge is 2.33. The highest BCUT2D eigenvalue weighted by Crippen LogP contribution is 2.25. The fraction of sp³-hybridized carbons (Fsp3) is 0.824. The van der Waals surface area contributed by atoms with E-state index in [1.807, 2.05) is 10.9 Å². The van der Waals surface area contributed by atoms with Gasteiger partial charge in [-0.3, -0.25) is 9.58 Å². The molecular weight excluding hydrogens is 260 g/mol. The van der Waals surface area contributed by atoms with Gasteiger partial charge in [0.2, 0.25) is 0 Å². The molecular formula is C17H32N4. The van der Waals surface area contributed by atoms with E-state index < -0.39 is 0 Å². The van der Waals surface area contributed by atoms with Crippen LogP contribution in [0.3, 0.4) is 0 Å².